The van der Waals surface area contributed by atoms with Gasteiger partial charge in [-0.05, 0) is 57.3 Å². The largest absolute Gasteiger partial charge is 0.462 e. The molecule has 7 heteroatoms. The van der Waals surface area contributed by atoms with Gasteiger partial charge in [-0.1, -0.05) is 159 Å². The Labute approximate surface area is 306 Å². The van der Waals surface area contributed by atoms with Crippen LogP contribution < -0.4 is 0 Å². The maximum Gasteiger partial charge on any atom is 0.306 e. The van der Waals surface area contributed by atoms with Crippen LogP contribution in [0.4, 0.5) is 0 Å². The van der Waals surface area contributed by atoms with E-state index in [1.54, 1.807) is 0 Å². The highest BCUT2D eigenvalue weighted by molar-refractivity contribution is 5.70. The standard InChI is InChI=1S/C43H76O7/c1-4-5-6-7-8-9-10-16-19-22-25-28-32-40(45)41(46)33-30-35-43(48)50-39(36-44)37-49-42(47)34-29-26-23-20-17-14-12-11-13-15-18-21-24-27-31-38(2)3/h5-6,8-9,16,19,25,28,38-41,44-46H,4,7,10-15,17-18,20-24,26-27,29-37H2,1-3H3/b6-5-,9-8-,19-16-,28-25-/t39-,40+,41+/m0/s1. The molecule has 0 radical (unpaired) electrons. The van der Waals surface area contributed by atoms with Crippen molar-refractivity contribution < 1.29 is 34.4 Å². The number of aliphatic hydroxyl groups is 3. The second-order valence-electron chi connectivity index (χ2n) is 14.1. The zero-order valence-corrected chi connectivity index (χ0v) is 32.3. The fourth-order valence-corrected chi connectivity index (χ4v) is 5.59. The third kappa shape index (κ3) is 34.2. The van der Waals surface area contributed by atoms with Gasteiger partial charge in [0.25, 0.3) is 0 Å². The highest BCUT2D eigenvalue weighted by Gasteiger charge is 2.18. The summed E-state index contributed by atoms with van der Waals surface area (Å²) in [7, 11) is 0. The smallest absolute Gasteiger partial charge is 0.306 e. The molecule has 0 unspecified atom stereocenters. The summed E-state index contributed by atoms with van der Waals surface area (Å²) in [5.41, 5.74) is 0. The molecule has 0 aliphatic carbocycles. The fraction of sp³-hybridized carbons (Fsp3) is 0.767. The molecule has 50 heavy (non-hydrogen) atoms. The van der Waals surface area contributed by atoms with Crippen LogP contribution in [0.15, 0.2) is 48.6 Å². The van der Waals surface area contributed by atoms with Gasteiger partial charge in [0.15, 0.2) is 6.10 Å². The van der Waals surface area contributed by atoms with Gasteiger partial charge in [0, 0.05) is 12.8 Å². The highest BCUT2D eigenvalue weighted by Crippen LogP contribution is 2.15. The summed E-state index contributed by atoms with van der Waals surface area (Å²) in [5.74, 6) is -0.0399. The van der Waals surface area contributed by atoms with E-state index in [0.29, 0.717) is 19.3 Å². The molecular formula is C43H76O7. The first kappa shape index (κ1) is 47.8. The van der Waals surface area contributed by atoms with Gasteiger partial charge in [-0.15, -0.1) is 0 Å². The minimum absolute atomic E-state index is 0.0386. The summed E-state index contributed by atoms with van der Waals surface area (Å²) in [6.07, 6.45) is 37.8. The summed E-state index contributed by atoms with van der Waals surface area (Å²) >= 11 is 0. The summed E-state index contributed by atoms with van der Waals surface area (Å²) in [6.45, 7) is 6.12. The molecule has 0 spiro atoms. The van der Waals surface area contributed by atoms with Crippen molar-refractivity contribution >= 4 is 11.9 Å². The second-order valence-corrected chi connectivity index (χ2v) is 14.1. The molecule has 0 rings (SSSR count). The second kappa shape index (κ2) is 36.6. The monoisotopic (exact) mass is 705 g/mol. The third-order valence-electron chi connectivity index (χ3n) is 8.77. The number of rotatable bonds is 35. The van der Waals surface area contributed by atoms with E-state index in [2.05, 4.69) is 57.2 Å². The number of carbonyl (C=O) groups is 2. The van der Waals surface area contributed by atoms with Crippen LogP contribution in [0, 0.1) is 5.92 Å². The summed E-state index contributed by atoms with van der Waals surface area (Å²) in [6, 6.07) is 0. The lowest BCUT2D eigenvalue weighted by Gasteiger charge is -2.17. The number of ether oxygens (including phenoxy) is 2. The Morgan fingerprint density at radius 1 is 0.560 bits per heavy atom. The summed E-state index contributed by atoms with van der Waals surface area (Å²) in [5, 5.41) is 30.0. The van der Waals surface area contributed by atoms with Crippen LogP contribution in [0.3, 0.4) is 0 Å². The predicted octanol–water partition coefficient (Wildman–Crippen LogP) is 10.4. The highest BCUT2D eigenvalue weighted by atomic mass is 16.6. The first-order valence-electron chi connectivity index (χ1n) is 20.2. The molecule has 0 bridgehead atoms. The van der Waals surface area contributed by atoms with Crippen LogP contribution in [0.2, 0.25) is 0 Å². The van der Waals surface area contributed by atoms with Crippen LogP contribution in [0.5, 0.6) is 0 Å². The Morgan fingerprint density at radius 2 is 1.02 bits per heavy atom. The van der Waals surface area contributed by atoms with Crippen LogP contribution >= 0.6 is 0 Å². The van der Waals surface area contributed by atoms with Crippen LogP contribution in [-0.2, 0) is 19.1 Å². The Kier molecular flexibility index (Phi) is 34.9. The van der Waals surface area contributed by atoms with Gasteiger partial charge >= 0.3 is 11.9 Å². The molecule has 0 amide bonds. The van der Waals surface area contributed by atoms with E-state index in [0.717, 1.165) is 50.9 Å². The predicted molar refractivity (Wildman–Crippen MR) is 208 cm³/mol. The van der Waals surface area contributed by atoms with Crippen molar-refractivity contribution in [3.63, 3.8) is 0 Å². The maximum absolute atomic E-state index is 12.2. The lowest BCUT2D eigenvalue weighted by Crippen LogP contribution is -2.29. The van der Waals surface area contributed by atoms with Crippen molar-refractivity contribution in [2.45, 2.75) is 193 Å². The molecule has 0 aliphatic rings. The molecule has 0 aromatic carbocycles. The van der Waals surface area contributed by atoms with Crippen molar-refractivity contribution in [2.24, 2.45) is 5.92 Å². The normalized spacial score (nSPS) is 14.1. The molecule has 0 aromatic heterocycles. The van der Waals surface area contributed by atoms with Gasteiger partial charge in [-0.25, -0.2) is 0 Å². The number of hydrogen-bond donors (Lipinski definition) is 3. The van der Waals surface area contributed by atoms with E-state index in [1.807, 2.05) is 12.2 Å². The molecule has 0 saturated heterocycles. The SMILES string of the molecule is CC/C=C\C/C=C\C/C=C\C/C=C\C[C@@H](O)[C@H](O)CCCC(=O)O[C@@H](CO)COC(=O)CCCCCCCCCCCCCCCCC(C)C. The van der Waals surface area contributed by atoms with Crippen molar-refractivity contribution in [1.82, 2.24) is 0 Å². The van der Waals surface area contributed by atoms with E-state index in [9.17, 15) is 24.9 Å². The molecule has 0 aliphatic heterocycles. The number of esters is 2. The lowest BCUT2D eigenvalue weighted by molar-refractivity contribution is -0.161. The molecule has 3 N–H and O–H groups in total. The minimum Gasteiger partial charge on any atom is -0.462 e. The molecule has 0 saturated carbocycles. The number of aliphatic hydroxyl groups excluding tert-OH is 3. The van der Waals surface area contributed by atoms with Crippen LogP contribution in [-0.4, -0.2) is 58.8 Å². The van der Waals surface area contributed by atoms with E-state index in [-0.39, 0.29) is 25.4 Å². The molecule has 0 heterocycles. The topological polar surface area (TPSA) is 113 Å². The first-order chi connectivity index (χ1) is 24.3. The molecule has 3 atom stereocenters. The van der Waals surface area contributed by atoms with E-state index < -0.39 is 30.9 Å². The van der Waals surface area contributed by atoms with E-state index in [4.69, 9.17) is 9.47 Å². The summed E-state index contributed by atoms with van der Waals surface area (Å²) in [4.78, 5) is 24.3. The molecule has 290 valence electrons. The van der Waals surface area contributed by atoms with Gasteiger partial charge in [0.2, 0.25) is 0 Å². The zero-order valence-electron chi connectivity index (χ0n) is 32.3. The zero-order chi connectivity index (χ0) is 36.9. The number of hydrogen-bond acceptors (Lipinski definition) is 7. The third-order valence-corrected chi connectivity index (χ3v) is 8.77. The van der Waals surface area contributed by atoms with Gasteiger partial charge in [0.1, 0.15) is 6.61 Å². The minimum atomic E-state index is -0.946. The molecular weight excluding hydrogens is 628 g/mol. The van der Waals surface area contributed by atoms with Crippen LogP contribution in [0.25, 0.3) is 0 Å². The average molecular weight is 705 g/mol. The van der Waals surface area contributed by atoms with E-state index >= 15 is 0 Å². The Hall–Kier alpha value is -2.22. The van der Waals surface area contributed by atoms with E-state index in [1.165, 1.54) is 77.0 Å². The van der Waals surface area contributed by atoms with Crippen molar-refractivity contribution in [2.75, 3.05) is 13.2 Å². The fourth-order valence-electron chi connectivity index (χ4n) is 5.59. The quantitative estimate of drug-likeness (QED) is 0.0342. The lowest BCUT2D eigenvalue weighted by atomic mass is 10.0. The van der Waals surface area contributed by atoms with Gasteiger partial charge in [-0.2, -0.15) is 0 Å². The van der Waals surface area contributed by atoms with Gasteiger partial charge in [-0.3, -0.25) is 9.59 Å². The Bertz CT molecular complexity index is 892. The molecule has 7 nitrogen and oxygen atoms in total. The first-order valence-corrected chi connectivity index (χ1v) is 20.2. The van der Waals surface area contributed by atoms with Crippen molar-refractivity contribution in [1.29, 1.82) is 0 Å². The van der Waals surface area contributed by atoms with Crippen molar-refractivity contribution in [3.8, 4) is 0 Å². The van der Waals surface area contributed by atoms with Gasteiger partial charge in [0.05, 0.1) is 18.8 Å². The maximum atomic E-state index is 12.2. The number of carbonyl (C=O) groups excluding carboxylic acids is 2. The average Bonchev–Trinajstić information content (AvgIpc) is 3.09. The molecule has 0 fully saturated rings. The summed E-state index contributed by atoms with van der Waals surface area (Å²) < 4.78 is 10.5. The van der Waals surface area contributed by atoms with Gasteiger partial charge < -0.3 is 24.8 Å². The molecule has 0 aromatic rings. The Balaban J connectivity index is 3.79. The number of unbranched alkanes of at least 4 members (excludes halogenated alkanes) is 13. The van der Waals surface area contributed by atoms with Crippen molar-refractivity contribution in [3.05, 3.63) is 48.6 Å². The Morgan fingerprint density at radius 3 is 1.52 bits per heavy atom. The number of allylic oxidation sites excluding steroid dienone is 7. The van der Waals surface area contributed by atoms with Crippen LogP contribution in [0.1, 0.15) is 175 Å².